The third-order valence-corrected chi connectivity index (χ3v) is 7.84. The number of aromatic nitrogens is 4. The molecule has 1 aliphatic rings. The second-order valence-electron chi connectivity index (χ2n) is 9.15. The second kappa shape index (κ2) is 9.82. The van der Waals surface area contributed by atoms with Gasteiger partial charge in [0.15, 0.2) is 5.65 Å². The lowest BCUT2D eigenvalue weighted by atomic mass is 9.91. The van der Waals surface area contributed by atoms with Gasteiger partial charge in [-0.1, -0.05) is 55.3 Å². The molecule has 184 valence electrons. The van der Waals surface area contributed by atoms with Gasteiger partial charge in [0, 0.05) is 10.9 Å². The van der Waals surface area contributed by atoms with E-state index in [0.717, 1.165) is 16.5 Å². The zero-order valence-corrected chi connectivity index (χ0v) is 22.6. The zero-order chi connectivity index (χ0) is 24.1. The second-order valence-corrected chi connectivity index (χ2v) is 10.2. The van der Waals surface area contributed by atoms with Crippen LogP contribution in [0, 0.1) is 3.70 Å². The van der Waals surface area contributed by atoms with Crippen LogP contribution in [0.2, 0.25) is 0 Å². The van der Waals surface area contributed by atoms with Gasteiger partial charge in [0.25, 0.3) is 0 Å². The molecule has 0 saturated heterocycles. The Morgan fingerprint density at radius 2 is 1.83 bits per heavy atom. The highest BCUT2D eigenvalue weighted by Crippen LogP contribution is 2.40. The van der Waals surface area contributed by atoms with E-state index in [2.05, 4.69) is 56.8 Å². The Balaban J connectivity index is 0.00000267. The minimum absolute atomic E-state index is 0. The first-order chi connectivity index (χ1) is 17.0. The van der Waals surface area contributed by atoms with Crippen molar-refractivity contribution in [3.63, 3.8) is 0 Å². The fraction of sp³-hybridized carbons (Fsp3) is 0.259. The summed E-state index contributed by atoms with van der Waals surface area (Å²) in [4.78, 5) is 21.6. The number of benzene rings is 2. The van der Waals surface area contributed by atoms with Crippen LogP contribution >= 0.6 is 35.0 Å². The normalized spacial score (nSPS) is 14.8. The first-order valence-corrected chi connectivity index (χ1v) is 12.9. The number of fused-ring (bicyclic) bond motifs is 2. The molecule has 6 rings (SSSR count). The van der Waals surface area contributed by atoms with Gasteiger partial charge in [0.1, 0.15) is 27.6 Å². The van der Waals surface area contributed by atoms with E-state index in [1.165, 1.54) is 37.6 Å². The van der Waals surface area contributed by atoms with Crippen molar-refractivity contribution in [2.75, 3.05) is 5.73 Å². The molecule has 0 spiro atoms. The minimum atomic E-state index is -0.405. The molecule has 3 aromatic heterocycles. The van der Waals surface area contributed by atoms with Gasteiger partial charge in [-0.05, 0) is 65.5 Å². The SMILES string of the molecule is CC(c1oc(=O)c2ccccc2c1-c1cccc(C2CCCC2)c1)n1nc(I)c2c(N)ncnc21.Cl. The van der Waals surface area contributed by atoms with Crippen LogP contribution in [0.1, 0.15) is 55.9 Å². The fourth-order valence-corrected chi connectivity index (χ4v) is 6.10. The number of hydrogen-bond donors (Lipinski definition) is 1. The Hall–Kier alpha value is -2.98. The molecular formula is C27H25ClIN5O2. The van der Waals surface area contributed by atoms with Crippen LogP contribution in [-0.4, -0.2) is 19.7 Å². The molecule has 2 N–H and O–H groups in total. The van der Waals surface area contributed by atoms with Crippen molar-refractivity contribution in [3.05, 3.63) is 80.3 Å². The molecule has 1 fully saturated rings. The number of nitrogens with two attached hydrogens (primary N) is 1. The molecule has 0 amide bonds. The summed E-state index contributed by atoms with van der Waals surface area (Å²) in [6, 6.07) is 15.9. The van der Waals surface area contributed by atoms with E-state index in [9.17, 15) is 4.79 Å². The molecule has 7 nitrogen and oxygen atoms in total. The Morgan fingerprint density at radius 3 is 2.61 bits per heavy atom. The van der Waals surface area contributed by atoms with Crippen molar-refractivity contribution in [1.82, 2.24) is 19.7 Å². The highest BCUT2D eigenvalue weighted by Gasteiger charge is 2.26. The van der Waals surface area contributed by atoms with Gasteiger partial charge in [-0.15, -0.1) is 12.4 Å². The summed E-state index contributed by atoms with van der Waals surface area (Å²) < 4.78 is 8.53. The lowest BCUT2D eigenvalue weighted by molar-refractivity contribution is 0.404. The quantitative estimate of drug-likeness (QED) is 0.233. The van der Waals surface area contributed by atoms with E-state index in [1.54, 1.807) is 4.68 Å². The highest BCUT2D eigenvalue weighted by atomic mass is 127. The number of halogens is 2. The molecule has 0 radical (unpaired) electrons. The molecule has 1 aliphatic carbocycles. The van der Waals surface area contributed by atoms with Crippen molar-refractivity contribution >= 4 is 62.6 Å². The summed E-state index contributed by atoms with van der Waals surface area (Å²) in [6.45, 7) is 1.97. The van der Waals surface area contributed by atoms with Crippen LogP contribution in [0.25, 0.3) is 32.9 Å². The predicted molar refractivity (Wildman–Crippen MR) is 153 cm³/mol. The molecule has 1 unspecified atom stereocenters. The standard InChI is InChI=1S/C27H24IN5O2.ClH/c1-15(33-26-22(24(28)32-33)25(29)30-14-31-26)23-21(19-11-4-5-12-20(19)27(34)35-23)18-10-6-9-17(13-18)16-7-2-3-8-16;/h4-6,9-16H,2-3,7-8H2,1H3,(H2,29,30,31);1H. The number of nitrogen functional groups attached to an aromatic ring is 1. The van der Waals surface area contributed by atoms with E-state index in [-0.39, 0.29) is 18.0 Å². The van der Waals surface area contributed by atoms with Crippen LogP contribution in [-0.2, 0) is 0 Å². The molecule has 1 atom stereocenters. The summed E-state index contributed by atoms with van der Waals surface area (Å²) in [5.74, 6) is 1.51. The Labute approximate surface area is 227 Å². The number of rotatable bonds is 4. The first-order valence-electron chi connectivity index (χ1n) is 11.8. The van der Waals surface area contributed by atoms with Crippen LogP contribution in [0.15, 0.2) is 64.1 Å². The number of hydrogen-bond acceptors (Lipinski definition) is 6. The van der Waals surface area contributed by atoms with Gasteiger partial charge in [-0.25, -0.2) is 19.4 Å². The van der Waals surface area contributed by atoms with Gasteiger partial charge in [0.2, 0.25) is 0 Å². The average molecular weight is 614 g/mol. The summed E-state index contributed by atoms with van der Waals surface area (Å²) in [5, 5.41) is 6.85. The van der Waals surface area contributed by atoms with Crippen LogP contribution in [0.4, 0.5) is 5.82 Å². The molecule has 0 bridgehead atoms. The topological polar surface area (TPSA) is 99.8 Å². The lowest BCUT2D eigenvalue weighted by Gasteiger charge is -2.19. The highest BCUT2D eigenvalue weighted by molar-refractivity contribution is 14.1. The Kier molecular flexibility index (Phi) is 6.74. The summed E-state index contributed by atoms with van der Waals surface area (Å²) in [5.41, 5.74) is 9.66. The minimum Gasteiger partial charge on any atom is -0.424 e. The monoisotopic (exact) mass is 613 g/mol. The number of nitrogens with zero attached hydrogens (tertiary/aromatic N) is 4. The van der Waals surface area contributed by atoms with Crippen molar-refractivity contribution in [2.45, 2.75) is 44.6 Å². The maximum atomic E-state index is 13.1. The summed E-state index contributed by atoms with van der Waals surface area (Å²) in [6.07, 6.45) is 6.42. The predicted octanol–water partition coefficient (Wildman–Crippen LogP) is 6.48. The van der Waals surface area contributed by atoms with Crippen LogP contribution in [0.5, 0.6) is 0 Å². The van der Waals surface area contributed by atoms with Crippen molar-refractivity contribution in [3.8, 4) is 11.1 Å². The Bertz CT molecular complexity index is 1640. The maximum absolute atomic E-state index is 13.1. The van der Waals surface area contributed by atoms with Crippen LogP contribution in [0.3, 0.4) is 0 Å². The Morgan fingerprint density at radius 1 is 1.08 bits per heavy atom. The van der Waals surface area contributed by atoms with E-state index in [4.69, 9.17) is 15.2 Å². The van der Waals surface area contributed by atoms with Gasteiger partial charge in [-0.2, -0.15) is 5.10 Å². The van der Waals surface area contributed by atoms with E-state index < -0.39 is 6.04 Å². The van der Waals surface area contributed by atoms with Gasteiger partial charge in [0.05, 0.1) is 10.8 Å². The van der Waals surface area contributed by atoms with Crippen molar-refractivity contribution in [2.24, 2.45) is 0 Å². The molecule has 0 aliphatic heterocycles. The van der Waals surface area contributed by atoms with E-state index in [0.29, 0.717) is 37.6 Å². The number of anilines is 1. The smallest absolute Gasteiger partial charge is 0.343 e. The first kappa shape index (κ1) is 24.7. The molecule has 1 saturated carbocycles. The maximum Gasteiger partial charge on any atom is 0.343 e. The van der Waals surface area contributed by atoms with E-state index >= 15 is 0 Å². The molecule has 9 heteroatoms. The molecule has 3 heterocycles. The zero-order valence-electron chi connectivity index (χ0n) is 19.6. The average Bonchev–Trinajstić information content (AvgIpc) is 3.53. The molecule has 5 aromatic rings. The largest absolute Gasteiger partial charge is 0.424 e. The molecular weight excluding hydrogens is 589 g/mol. The lowest BCUT2D eigenvalue weighted by Crippen LogP contribution is -2.14. The summed E-state index contributed by atoms with van der Waals surface area (Å²) in [7, 11) is 0. The van der Waals surface area contributed by atoms with E-state index in [1.807, 2.05) is 31.2 Å². The summed E-state index contributed by atoms with van der Waals surface area (Å²) >= 11 is 2.14. The van der Waals surface area contributed by atoms with Gasteiger partial charge in [-0.3, -0.25) is 0 Å². The van der Waals surface area contributed by atoms with Gasteiger partial charge < -0.3 is 10.2 Å². The fourth-order valence-electron chi connectivity index (χ4n) is 5.35. The third kappa shape index (κ3) is 4.06. The molecule has 2 aromatic carbocycles. The van der Waals surface area contributed by atoms with Crippen molar-refractivity contribution < 1.29 is 4.42 Å². The van der Waals surface area contributed by atoms with Crippen molar-refractivity contribution in [1.29, 1.82) is 0 Å². The van der Waals surface area contributed by atoms with Crippen LogP contribution < -0.4 is 11.4 Å². The molecule has 36 heavy (non-hydrogen) atoms. The third-order valence-electron chi connectivity index (χ3n) is 7.09. The van der Waals surface area contributed by atoms with Gasteiger partial charge >= 0.3 is 5.63 Å².